The summed E-state index contributed by atoms with van der Waals surface area (Å²) in [4.78, 5) is 0. The zero-order valence-corrected chi connectivity index (χ0v) is 15.0. The van der Waals surface area contributed by atoms with Gasteiger partial charge in [0.05, 0.1) is 0 Å². The largest absolute Gasteiger partial charge is 0.362 e. The van der Waals surface area contributed by atoms with Crippen molar-refractivity contribution in [1.29, 1.82) is 0 Å². The van der Waals surface area contributed by atoms with Crippen LogP contribution in [0.2, 0.25) is 0 Å². The van der Waals surface area contributed by atoms with E-state index < -0.39 is 0 Å². The van der Waals surface area contributed by atoms with Gasteiger partial charge in [-0.25, -0.2) is 0 Å². The second kappa shape index (κ2) is 6.80. The molecule has 1 aliphatic carbocycles. The fourth-order valence-electron chi connectivity index (χ4n) is 2.81. The van der Waals surface area contributed by atoms with Crippen LogP contribution in [0.3, 0.4) is 0 Å². The molecule has 3 rings (SSSR count). The molecule has 22 heavy (non-hydrogen) atoms. The van der Waals surface area contributed by atoms with E-state index in [1.165, 1.54) is 28.7 Å². The number of unbranched alkanes of at least 4 members (excludes halogenated alkanes) is 1. The van der Waals surface area contributed by atoms with Crippen molar-refractivity contribution in [2.75, 3.05) is 11.9 Å². The molecule has 0 bridgehead atoms. The molecule has 0 spiro atoms. The van der Waals surface area contributed by atoms with Crippen molar-refractivity contribution in [2.24, 2.45) is 0 Å². The molecular weight excluding hydrogens is 356 g/mol. The van der Waals surface area contributed by atoms with Gasteiger partial charge in [0.1, 0.15) is 0 Å². The smallest absolute Gasteiger partial charge is 0.170 e. The van der Waals surface area contributed by atoms with E-state index in [2.05, 4.69) is 69.9 Å². The van der Waals surface area contributed by atoms with E-state index >= 15 is 0 Å². The van der Waals surface area contributed by atoms with Gasteiger partial charge in [0.25, 0.3) is 0 Å². The monoisotopic (exact) mass is 374 g/mol. The summed E-state index contributed by atoms with van der Waals surface area (Å²) in [6, 6.07) is 13.0. The molecule has 0 aromatic heterocycles. The van der Waals surface area contributed by atoms with E-state index in [9.17, 15) is 0 Å². The van der Waals surface area contributed by atoms with Gasteiger partial charge in [-0.2, -0.15) is 0 Å². The molecule has 0 saturated heterocycles. The Labute approximate surface area is 145 Å². The van der Waals surface area contributed by atoms with Crippen molar-refractivity contribution in [1.82, 2.24) is 5.32 Å². The quantitative estimate of drug-likeness (QED) is 0.490. The van der Waals surface area contributed by atoms with Gasteiger partial charge >= 0.3 is 0 Å². The van der Waals surface area contributed by atoms with Gasteiger partial charge in [0.2, 0.25) is 0 Å². The van der Waals surface area contributed by atoms with Crippen molar-refractivity contribution in [3.8, 4) is 11.1 Å². The third-order valence-corrected chi connectivity index (χ3v) is 4.66. The first-order chi connectivity index (χ1) is 10.7. The lowest BCUT2D eigenvalue weighted by Gasteiger charge is -2.11. The highest BCUT2D eigenvalue weighted by molar-refractivity contribution is 9.10. The van der Waals surface area contributed by atoms with Crippen LogP contribution >= 0.6 is 28.1 Å². The minimum atomic E-state index is 0.701. The van der Waals surface area contributed by atoms with Crippen LogP contribution < -0.4 is 10.6 Å². The van der Waals surface area contributed by atoms with E-state index in [1.807, 2.05) is 0 Å². The Balaban J connectivity index is 1.73. The molecule has 1 aliphatic rings. The molecule has 2 aromatic carbocycles. The normalized spacial score (nSPS) is 11.7. The average Bonchev–Trinajstić information content (AvgIpc) is 2.83. The fraction of sp³-hybridized carbons (Fsp3) is 0.278. The van der Waals surface area contributed by atoms with Crippen LogP contribution in [-0.4, -0.2) is 11.7 Å². The summed E-state index contributed by atoms with van der Waals surface area (Å²) in [7, 11) is 0. The molecule has 2 N–H and O–H groups in total. The lowest BCUT2D eigenvalue weighted by molar-refractivity contribution is 0.758. The van der Waals surface area contributed by atoms with Crippen LogP contribution in [0.5, 0.6) is 0 Å². The molecule has 0 atom stereocenters. The van der Waals surface area contributed by atoms with Gasteiger partial charge in [0.15, 0.2) is 5.11 Å². The van der Waals surface area contributed by atoms with Gasteiger partial charge in [0, 0.05) is 16.7 Å². The zero-order valence-electron chi connectivity index (χ0n) is 12.6. The average molecular weight is 375 g/mol. The highest BCUT2D eigenvalue weighted by Gasteiger charge is 2.18. The van der Waals surface area contributed by atoms with Crippen LogP contribution in [0.4, 0.5) is 5.69 Å². The summed E-state index contributed by atoms with van der Waals surface area (Å²) >= 11 is 8.88. The van der Waals surface area contributed by atoms with E-state index in [1.54, 1.807) is 0 Å². The maximum Gasteiger partial charge on any atom is 0.170 e. The van der Waals surface area contributed by atoms with Crippen molar-refractivity contribution < 1.29 is 0 Å². The highest BCUT2D eigenvalue weighted by atomic mass is 79.9. The van der Waals surface area contributed by atoms with Crippen molar-refractivity contribution >= 4 is 38.9 Å². The lowest BCUT2D eigenvalue weighted by atomic mass is 10.1. The van der Waals surface area contributed by atoms with Gasteiger partial charge in [-0.05, 0) is 71.6 Å². The summed E-state index contributed by atoms with van der Waals surface area (Å²) < 4.78 is 1.14. The summed E-state index contributed by atoms with van der Waals surface area (Å²) in [5.74, 6) is 0. The molecule has 0 heterocycles. The molecule has 0 aliphatic heterocycles. The number of benzene rings is 2. The number of nitrogens with one attached hydrogen (secondary N) is 2. The second-order valence-electron chi connectivity index (χ2n) is 5.58. The van der Waals surface area contributed by atoms with E-state index in [4.69, 9.17) is 12.2 Å². The summed E-state index contributed by atoms with van der Waals surface area (Å²) in [6.07, 6.45) is 3.29. The van der Waals surface area contributed by atoms with E-state index in [0.29, 0.717) is 5.11 Å². The maximum absolute atomic E-state index is 5.34. The number of hydrogen-bond acceptors (Lipinski definition) is 1. The van der Waals surface area contributed by atoms with Crippen LogP contribution in [0.15, 0.2) is 40.9 Å². The number of rotatable bonds is 4. The molecule has 0 saturated carbocycles. The first-order valence-corrected chi connectivity index (χ1v) is 8.84. The van der Waals surface area contributed by atoms with Crippen molar-refractivity contribution in [3.63, 3.8) is 0 Å². The van der Waals surface area contributed by atoms with Crippen LogP contribution in [-0.2, 0) is 6.42 Å². The number of anilines is 1. The predicted molar refractivity (Wildman–Crippen MR) is 102 cm³/mol. The minimum absolute atomic E-state index is 0.701. The Kier molecular flexibility index (Phi) is 4.79. The minimum Gasteiger partial charge on any atom is -0.362 e. The fourth-order valence-corrected chi connectivity index (χ4v) is 3.44. The van der Waals surface area contributed by atoms with Crippen molar-refractivity contribution in [3.05, 3.63) is 52.0 Å². The topological polar surface area (TPSA) is 24.1 Å². The Morgan fingerprint density at radius 2 is 1.86 bits per heavy atom. The standard InChI is InChI=1S/C18H19BrN2S/c1-2-3-8-20-18(22)21-15-5-7-17-13(11-15)9-12-10-14(19)4-6-16(12)17/h4-7,10-11H,2-3,8-9H2,1H3,(H2,20,21,22). The molecule has 4 heteroatoms. The SMILES string of the molecule is CCCCNC(=S)Nc1ccc2c(c1)Cc1cc(Br)ccc1-2. The lowest BCUT2D eigenvalue weighted by Crippen LogP contribution is -2.29. The molecule has 0 amide bonds. The van der Waals surface area contributed by atoms with Crippen LogP contribution in [0.1, 0.15) is 30.9 Å². The first kappa shape index (κ1) is 15.5. The molecule has 2 nitrogen and oxygen atoms in total. The summed E-state index contributed by atoms with van der Waals surface area (Å²) in [5.41, 5.74) is 6.46. The Morgan fingerprint density at radius 1 is 1.14 bits per heavy atom. The number of thiocarbonyl (C=S) groups is 1. The highest BCUT2D eigenvalue weighted by Crippen LogP contribution is 2.38. The van der Waals surface area contributed by atoms with Crippen molar-refractivity contribution in [2.45, 2.75) is 26.2 Å². The Bertz CT molecular complexity index is 712. The van der Waals surface area contributed by atoms with Gasteiger partial charge in [-0.1, -0.05) is 41.4 Å². The van der Waals surface area contributed by atoms with Crippen LogP contribution in [0.25, 0.3) is 11.1 Å². The molecule has 0 unspecified atom stereocenters. The molecular formula is C18H19BrN2S. The second-order valence-corrected chi connectivity index (χ2v) is 6.91. The summed E-state index contributed by atoms with van der Waals surface area (Å²) in [5, 5.41) is 7.22. The number of hydrogen-bond donors (Lipinski definition) is 2. The third-order valence-electron chi connectivity index (χ3n) is 3.92. The zero-order chi connectivity index (χ0) is 15.5. The number of halogens is 1. The van der Waals surface area contributed by atoms with E-state index in [0.717, 1.165) is 29.5 Å². The third kappa shape index (κ3) is 3.33. The van der Waals surface area contributed by atoms with Crippen LogP contribution in [0, 0.1) is 0 Å². The first-order valence-electron chi connectivity index (χ1n) is 7.64. The van der Waals surface area contributed by atoms with Gasteiger partial charge in [-0.15, -0.1) is 0 Å². The molecule has 0 radical (unpaired) electrons. The van der Waals surface area contributed by atoms with Gasteiger partial charge < -0.3 is 10.6 Å². The molecule has 114 valence electrons. The van der Waals surface area contributed by atoms with E-state index in [-0.39, 0.29) is 0 Å². The van der Waals surface area contributed by atoms with Gasteiger partial charge in [-0.3, -0.25) is 0 Å². The maximum atomic E-state index is 5.34. The Hall–Kier alpha value is -1.39. The predicted octanol–water partition coefficient (Wildman–Crippen LogP) is 5.11. The number of fused-ring (bicyclic) bond motifs is 3. The molecule has 0 fully saturated rings. The molecule has 2 aromatic rings. The Morgan fingerprint density at radius 3 is 2.64 bits per heavy atom. The summed E-state index contributed by atoms with van der Waals surface area (Å²) in [6.45, 7) is 3.10.